The van der Waals surface area contributed by atoms with Crippen LogP contribution < -0.4 is 26.2 Å². The molecule has 1 heterocycles. The molecule has 4 heteroatoms. The molecule has 3 nitrogen and oxygen atoms in total. The first-order valence-corrected chi connectivity index (χ1v) is 12.9. The van der Waals surface area contributed by atoms with Crippen LogP contribution in [0.15, 0.2) is 96.3 Å². The molecule has 0 aliphatic carbocycles. The van der Waals surface area contributed by atoms with Gasteiger partial charge in [0.05, 0.1) is 11.0 Å². The molecule has 5 aromatic carbocycles. The lowest BCUT2D eigenvalue weighted by Crippen LogP contribution is -3.61. The fourth-order valence-corrected chi connectivity index (χ4v) is 8.03. The Labute approximate surface area is 196 Å². The van der Waals surface area contributed by atoms with Crippen molar-refractivity contribution in [3.05, 3.63) is 103 Å². The van der Waals surface area contributed by atoms with E-state index in [9.17, 15) is 4.91 Å². The molecule has 0 spiro atoms. The molecule has 5 aromatic rings. The highest BCUT2D eigenvalue weighted by Gasteiger charge is 2.38. The molecule has 0 amide bonds. The predicted molar refractivity (Wildman–Crippen MR) is 129 cm³/mol. The molecule has 0 unspecified atom stereocenters. The molecule has 0 atom stereocenters. The van der Waals surface area contributed by atoms with E-state index in [1.54, 1.807) is 5.01 Å². The third-order valence-corrected chi connectivity index (χ3v) is 9.36. The van der Waals surface area contributed by atoms with Gasteiger partial charge in [0, 0.05) is 28.8 Å². The van der Waals surface area contributed by atoms with E-state index in [1.165, 1.54) is 40.0 Å². The first-order chi connectivity index (χ1) is 15.8. The molecule has 1 aliphatic heterocycles. The quantitative estimate of drug-likeness (QED) is 0.195. The van der Waals surface area contributed by atoms with Crippen LogP contribution in [0.2, 0.25) is 0 Å². The number of nitrogens with zero attached hydrogens (tertiary/aromatic N) is 2. The lowest BCUT2D eigenvalue weighted by Gasteiger charge is -2.20. The molecular weight excluding hydrogens is 507 g/mol. The predicted octanol–water partition coefficient (Wildman–Crippen LogP) is 4.28. The van der Waals surface area contributed by atoms with Crippen LogP contribution in [0.1, 0.15) is 6.92 Å². The lowest BCUT2D eigenvalue weighted by atomic mass is 9.89. The van der Waals surface area contributed by atoms with Crippen molar-refractivity contribution < 1.29 is 21.2 Å². The zero-order chi connectivity index (χ0) is 21.7. The largest absolute Gasteiger partial charge is 0.360 e. The second-order valence-corrected chi connectivity index (χ2v) is 10.7. The average Bonchev–Trinajstić information content (AvgIpc) is 3.21. The second kappa shape index (κ2) is 7.71. The molecule has 0 bridgehead atoms. The zero-order valence-corrected chi connectivity index (χ0v) is 19.7. The Morgan fingerprint density at radius 1 is 0.750 bits per heavy atom. The monoisotopic (exact) mass is 527 g/mol. The minimum atomic E-state index is -0.345. The van der Waals surface area contributed by atoms with E-state index in [4.69, 9.17) is 0 Å². The molecule has 0 saturated heterocycles. The third kappa shape index (κ3) is 2.86. The summed E-state index contributed by atoms with van der Waals surface area (Å²) in [6.45, 7) is 2.49. The maximum absolute atomic E-state index is 11.8. The van der Waals surface area contributed by atoms with Gasteiger partial charge in [-0.3, -0.25) is 0 Å². The molecule has 6 rings (SSSR count). The van der Waals surface area contributed by atoms with Gasteiger partial charge in [-0.15, -0.1) is 4.91 Å². The summed E-state index contributed by atoms with van der Waals surface area (Å²) in [4.78, 5) is 11.8. The number of benzene rings is 5. The molecule has 1 aliphatic rings. The van der Waals surface area contributed by atoms with Crippen molar-refractivity contribution in [3.8, 4) is 22.3 Å². The van der Waals surface area contributed by atoms with E-state index < -0.39 is 0 Å². The highest BCUT2D eigenvalue weighted by atomic mass is 127. The fourth-order valence-electron chi connectivity index (χ4n) is 4.73. The normalized spacial score (nSPS) is 12.0. The Hall–Kier alpha value is -3.25. The van der Waals surface area contributed by atoms with Crippen molar-refractivity contribution >= 4 is 27.2 Å². The van der Waals surface area contributed by atoms with E-state index in [-0.39, 0.29) is 21.2 Å². The van der Waals surface area contributed by atoms with Gasteiger partial charge in [-0.05, 0) is 52.7 Å². The van der Waals surface area contributed by atoms with Gasteiger partial charge in [0.2, 0.25) is 7.14 Å². The van der Waals surface area contributed by atoms with Crippen LogP contribution >= 0.6 is 0 Å². The van der Waals surface area contributed by atoms with Crippen molar-refractivity contribution in [2.24, 2.45) is 5.29 Å². The molecule has 32 heavy (non-hydrogen) atoms. The first-order valence-electron chi connectivity index (χ1n) is 10.7. The third-order valence-electron chi connectivity index (χ3n) is 6.18. The maximum atomic E-state index is 11.8. The van der Waals surface area contributed by atoms with Crippen LogP contribution in [0.5, 0.6) is 0 Å². The summed E-state index contributed by atoms with van der Waals surface area (Å²) >= 11 is -0.345. The Bertz CT molecular complexity index is 1530. The average molecular weight is 527 g/mol. The summed E-state index contributed by atoms with van der Waals surface area (Å²) in [6.07, 6.45) is 0. The van der Waals surface area contributed by atoms with Gasteiger partial charge in [-0.25, -0.2) is 5.01 Å². The summed E-state index contributed by atoms with van der Waals surface area (Å²) in [6, 6.07) is 32.4. The van der Waals surface area contributed by atoms with Crippen LogP contribution in [-0.2, 0) is 0 Å². The number of hydrogen-bond acceptors (Lipinski definition) is 2. The molecule has 0 fully saturated rings. The van der Waals surface area contributed by atoms with E-state index in [1.807, 2.05) is 6.92 Å². The smallest absolute Gasteiger partial charge is 0.229 e. The van der Waals surface area contributed by atoms with Crippen molar-refractivity contribution in [2.75, 3.05) is 11.6 Å². The van der Waals surface area contributed by atoms with E-state index in [2.05, 4.69) is 96.3 Å². The second-order valence-electron chi connectivity index (χ2n) is 7.89. The van der Waals surface area contributed by atoms with E-state index >= 15 is 0 Å². The SMILES string of the molecule is CCN(N=O)c1ccc2ccccc2c1-c1c2c(cc3ccccc13)-c1ccccc1[I+]2. The summed E-state index contributed by atoms with van der Waals surface area (Å²) < 4.78 is 2.89. The Morgan fingerprint density at radius 2 is 1.44 bits per heavy atom. The number of nitroso groups, excluding NO2 is 1. The Kier molecular flexibility index (Phi) is 4.68. The summed E-state index contributed by atoms with van der Waals surface area (Å²) in [5, 5.41) is 9.74. The van der Waals surface area contributed by atoms with Crippen molar-refractivity contribution in [3.63, 3.8) is 0 Å². The first kappa shape index (κ1) is 19.4. The van der Waals surface area contributed by atoms with Crippen LogP contribution in [0.3, 0.4) is 0 Å². The topological polar surface area (TPSA) is 32.7 Å². The Morgan fingerprint density at radius 3 is 2.22 bits per heavy atom. The highest BCUT2D eigenvalue weighted by molar-refractivity contribution is 6.11. The van der Waals surface area contributed by atoms with Gasteiger partial charge in [0.1, 0.15) is 0 Å². The van der Waals surface area contributed by atoms with Crippen LogP contribution in [-0.4, -0.2) is 6.54 Å². The molecular formula is C28H20IN2O+. The summed E-state index contributed by atoms with van der Waals surface area (Å²) in [5.74, 6) is 0. The van der Waals surface area contributed by atoms with Crippen molar-refractivity contribution in [1.29, 1.82) is 0 Å². The van der Waals surface area contributed by atoms with Gasteiger partial charge in [-0.2, -0.15) is 0 Å². The van der Waals surface area contributed by atoms with Crippen molar-refractivity contribution in [2.45, 2.75) is 6.92 Å². The minimum absolute atomic E-state index is 0.345. The van der Waals surface area contributed by atoms with Gasteiger partial charge in [-0.1, -0.05) is 66.7 Å². The number of hydrogen-bond donors (Lipinski definition) is 0. The molecule has 0 radical (unpaired) electrons. The van der Waals surface area contributed by atoms with Crippen LogP contribution in [0.4, 0.5) is 5.69 Å². The van der Waals surface area contributed by atoms with E-state index in [0.29, 0.717) is 6.54 Å². The summed E-state index contributed by atoms with van der Waals surface area (Å²) in [5.41, 5.74) is 5.94. The number of anilines is 1. The van der Waals surface area contributed by atoms with E-state index in [0.717, 1.165) is 16.6 Å². The molecule has 154 valence electrons. The van der Waals surface area contributed by atoms with Gasteiger partial charge < -0.3 is 0 Å². The zero-order valence-electron chi connectivity index (χ0n) is 17.5. The number of rotatable bonds is 4. The molecule has 0 aromatic heterocycles. The maximum Gasteiger partial charge on any atom is 0.360 e. The standard InChI is InChI=1S/C28H20IN2O/c1-2-31(30-32)25-16-15-18-9-3-5-11-20(18)26(25)27-21-12-6-4-10-19(21)17-23-22-13-7-8-14-24(22)29-28(23)27/h3-17H,2H2,1H3/q+1. The van der Waals surface area contributed by atoms with Crippen molar-refractivity contribution in [1.82, 2.24) is 0 Å². The number of fused-ring (bicyclic) bond motifs is 5. The number of halogens is 1. The highest BCUT2D eigenvalue weighted by Crippen LogP contribution is 2.43. The summed E-state index contributed by atoms with van der Waals surface area (Å²) in [7, 11) is 0. The fraction of sp³-hybridized carbons (Fsp3) is 0.0714. The van der Waals surface area contributed by atoms with Gasteiger partial charge >= 0.3 is 21.2 Å². The van der Waals surface area contributed by atoms with Crippen LogP contribution in [0, 0.1) is 12.0 Å². The Balaban J connectivity index is 1.80. The van der Waals surface area contributed by atoms with Crippen LogP contribution in [0.25, 0.3) is 43.8 Å². The molecule has 0 saturated carbocycles. The minimum Gasteiger partial charge on any atom is -0.229 e. The lowest BCUT2D eigenvalue weighted by molar-refractivity contribution is -0.588. The molecule has 0 N–H and O–H groups in total. The van der Waals surface area contributed by atoms with Gasteiger partial charge in [0.15, 0.2) is 0 Å². The van der Waals surface area contributed by atoms with Gasteiger partial charge in [0.25, 0.3) is 0 Å².